The maximum absolute atomic E-state index is 12.1. The van der Waals surface area contributed by atoms with Crippen LogP contribution in [0.15, 0.2) is 35.9 Å². The number of benzene rings is 1. The maximum atomic E-state index is 12.1. The molecule has 0 unspecified atom stereocenters. The number of rotatable bonds is 2. The minimum Gasteiger partial charge on any atom is -0.419 e. The fraction of sp³-hybridized carbons (Fsp3) is 0.235. The van der Waals surface area contributed by atoms with Crippen LogP contribution in [0.4, 0.5) is 0 Å². The van der Waals surface area contributed by atoms with Crippen LogP contribution in [0.5, 0.6) is 0 Å². The fourth-order valence-electron chi connectivity index (χ4n) is 2.27. The standard InChI is InChI=1S/C17H15NO4S/c1-10-8-14(23-18-10)12-7-5-4-6-11(12)9-13-15(19)21-17(2,3)22-16(13)20/h4-9H,1-3H3. The van der Waals surface area contributed by atoms with Crippen LogP contribution in [0.2, 0.25) is 0 Å². The van der Waals surface area contributed by atoms with Crippen LogP contribution in [0.25, 0.3) is 16.5 Å². The van der Waals surface area contributed by atoms with Gasteiger partial charge in [-0.25, -0.2) is 9.59 Å². The highest BCUT2D eigenvalue weighted by atomic mass is 32.1. The van der Waals surface area contributed by atoms with Gasteiger partial charge in [-0.15, -0.1) is 0 Å². The molecule has 1 aromatic carbocycles. The number of esters is 2. The first-order valence-corrected chi connectivity index (χ1v) is 7.84. The van der Waals surface area contributed by atoms with Gasteiger partial charge in [-0.1, -0.05) is 24.3 Å². The van der Waals surface area contributed by atoms with Gasteiger partial charge in [0.05, 0.1) is 10.6 Å². The number of aromatic nitrogens is 1. The molecular weight excluding hydrogens is 314 g/mol. The van der Waals surface area contributed by atoms with E-state index in [1.807, 2.05) is 37.3 Å². The highest BCUT2D eigenvalue weighted by molar-refractivity contribution is 7.09. The number of carbonyl (C=O) groups is 2. The quantitative estimate of drug-likeness (QED) is 0.480. The van der Waals surface area contributed by atoms with E-state index in [0.29, 0.717) is 0 Å². The van der Waals surface area contributed by atoms with Gasteiger partial charge in [0.15, 0.2) is 0 Å². The molecule has 0 spiro atoms. The molecule has 0 bridgehead atoms. The normalized spacial score (nSPS) is 16.7. The van der Waals surface area contributed by atoms with E-state index in [1.54, 1.807) is 0 Å². The molecule has 0 saturated carbocycles. The van der Waals surface area contributed by atoms with Crippen LogP contribution < -0.4 is 0 Å². The molecule has 1 fully saturated rings. The zero-order valence-electron chi connectivity index (χ0n) is 13.0. The third-order valence-corrected chi connectivity index (χ3v) is 4.18. The molecule has 0 N–H and O–H groups in total. The number of hydrogen-bond acceptors (Lipinski definition) is 6. The summed E-state index contributed by atoms with van der Waals surface area (Å²) in [4.78, 5) is 25.1. The molecule has 118 valence electrons. The van der Waals surface area contributed by atoms with E-state index >= 15 is 0 Å². The molecule has 2 aromatic rings. The Kier molecular flexibility index (Phi) is 3.77. The van der Waals surface area contributed by atoms with Crippen molar-refractivity contribution < 1.29 is 19.1 Å². The van der Waals surface area contributed by atoms with Crippen molar-refractivity contribution in [3.05, 3.63) is 47.2 Å². The van der Waals surface area contributed by atoms with Gasteiger partial charge in [0.1, 0.15) is 5.57 Å². The average Bonchev–Trinajstić information content (AvgIpc) is 2.89. The van der Waals surface area contributed by atoms with Crippen molar-refractivity contribution in [3.8, 4) is 10.4 Å². The molecule has 5 nitrogen and oxygen atoms in total. The van der Waals surface area contributed by atoms with Gasteiger partial charge in [-0.05, 0) is 36.2 Å². The number of nitrogens with zero attached hydrogens (tertiary/aromatic N) is 1. The Bertz CT molecular complexity index is 798. The van der Waals surface area contributed by atoms with Crippen LogP contribution >= 0.6 is 11.5 Å². The summed E-state index contributed by atoms with van der Waals surface area (Å²) in [6.07, 6.45) is 1.50. The first-order chi connectivity index (χ1) is 10.9. The molecule has 0 aliphatic carbocycles. The van der Waals surface area contributed by atoms with Crippen molar-refractivity contribution in [1.82, 2.24) is 4.37 Å². The lowest BCUT2D eigenvalue weighted by Gasteiger charge is -2.29. The van der Waals surface area contributed by atoms with Crippen LogP contribution in [0.1, 0.15) is 25.1 Å². The summed E-state index contributed by atoms with van der Waals surface area (Å²) in [6.45, 7) is 4.96. The second-order valence-corrected chi connectivity index (χ2v) is 6.46. The van der Waals surface area contributed by atoms with Crippen molar-refractivity contribution in [3.63, 3.8) is 0 Å². The Morgan fingerprint density at radius 3 is 2.39 bits per heavy atom. The second kappa shape index (κ2) is 5.62. The monoisotopic (exact) mass is 329 g/mol. The predicted molar refractivity (Wildman–Crippen MR) is 86.5 cm³/mol. The molecule has 0 radical (unpaired) electrons. The van der Waals surface area contributed by atoms with Crippen LogP contribution in [-0.2, 0) is 19.1 Å². The van der Waals surface area contributed by atoms with Crippen molar-refractivity contribution in [1.29, 1.82) is 0 Å². The topological polar surface area (TPSA) is 65.5 Å². The zero-order chi connectivity index (χ0) is 16.6. The van der Waals surface area contributed by atoms with E-state index < -0.39 is 17.7 Å². The van der Waals surface area contributed by atoms with Crippen LogP contribution in [0, 0.1) is 6.92 Å². The third kappa shape index (κ3) is 3.17. The largest absolute Gasteiger partial charge is 0.419 e. The molecule has 0 amide bonds. The Hall–Kier alpha value is -2.47. The molecule has 1 aliphatic heterocycles. The fourth-order valence-corrected chi connectivity index (χ4v) is 3.07. The van der Waals surface area contributed by atoms with E-state index in [0.717, 1.165) is 21.7 Å². The smallest absolute Gasteiger partial charge is 0.348 e. The van der Waals surface area contributed by atoms with Crippen LogP contribution in [0.3, 0.4) is 0 Å². The van der Waals surface area contributed by atoms with Crippen molar-refractivity contribution in [2.75, 3.05) is 0 Å². The number of carbonyl (C=O) groups excluding carboxylic acids is 2. The Morgan fingerprint density at radius 2 is 1.78 bits per heavy atom. The summed E-state index contributed by atoms with van der Waals surface area (Å²) in [5.74, 6) is -2.59. The van der Waals surface area contributed by atoms with E-state index in [9.17, 15) is 9.59 Å². The predicted octanol–water partition coefficient (Wildman–Crippen LogP) is 3.34. The highest BCUT2D eigenvalue weighted by Crippen LogP contribution is 2.31. The molecule has 1 aromatic heterocycles. The molecule has 2 heterocycles. The SMILES string of the molecule is Cc1cc(-c2ccccc2C=C2C(=O)OC(C)(C)OC2=O)sn1. The highest BCUT2D eigenvalue weighted by Gasteiger charge is 2.38. The van der Waals surface area contributed by atoms with E-state index in [4.69, 9.17) is 9.47 Å². The summed E-state index contributed by atoms with van der Waals surface area (Å²) in [6, 6.07) is 9.45. The van der Waals surface area contributed by atoms with Gasteiger partial charge in [0.25, 0.3) is 5.79 Å². The van der Waals surface area contributed by atoms with Gasteiger partial charge < -0.3 is 9.47 Å². The van der Waals surface area contributed by atoms with Crippen molar-refractivity contribution in [2.24, 2.45) is 0 Å². The first kappa shape index (κ1) is 15.4. The van der Waals surface area contributed by atoms with E-state index in [-0.39, 0.29) is 5.57 Å². The average molecular weight is 329 g/mol. The second-order valence-electron chi connectivity index (χ2n) is 5.66. The molecule has 23 heavy (non-hydrogen) atoms. The Labute approximate surface area is 137 Å². The van der Waals surface area contributed by atoms with Gasteiger partial charge in [-0.3, -0.25) is 0 Å². The lowest BCUT2D eigenvalue weighted by molar-refractivity contribution is -0.222. The number of aryl methyl sites for hydroxylation is 1. The van der Waals surface area contributed by atoms with Gasteiger partial charge >= 0.3 is 11.9 Å². The van der Waals surface area contributed by atoms with Gasteiger partial charge in [-0.2, -0.15) is 4.37 Å². The van der Waals surface area contributed by atoms with Gasteiger partial charge in [0.2, 0.25) is 0 Å². The summed E-state index contributed by atoms with van der Waals surface area (Å²) >= 11 is 1.37. The minimum absolute atomic E-state index is 0.113. The summed E-state index contributed by atoms with van der Waals surface area (Å²) in [5.41, 5.74) is 2.44. The third-order valence-electron chi connectivity index (χ3n) is 3.27. The van der Waals surface area contributed by atoms with Crippen molar-refractivity contribution >= 4 is 29.5 Å². The maximum Gasteiger partial charge on any atom is 0.348 e. The van der Waals surface area contributed by atoms with E-state index in [2.05, 4.69) is 4.37 Å². The summed E-state index contributed by atoms with van der Waals surface area (Å²) in [7, 11) is 0. The zero-order valence-corrected chi connectivity index (χ0v) is 13.8. The van der Waals surface area contributed by atoms with Crippen LogP contribution in [-0.4, -0.2) is 22.1 Å². The summed E-state index contributed by atoms with van der Waals surface area (Å²) in [5, 5.41) is 0. The number of hydrogen-bond donors (Lipinski definition) is 0. The number of ether oxygens (including phenoxy) is 2. The molecule has 0 atom stereocenters. The van der Waals surface area contributed by atoms with Crippen molar-refractivity contribution in [2.45, 2.75) is 26.6 Å². The molecule has 1 saturated heterocycles. The Balaban J connectivity index is 2.03. The molecule has 6 heteroatoms. The molecule has 3 rings (SSSR count). The van der Waals surface area contributed by atoms with Gasteiger partial charge in [0, 0.05) is 19.4 Å². The lowest BCUT2D eigenvalue weighted by Crippen LogP contribution is -2.41. The lowest BCUT2D eigenvalue weighted by atomic mass is 10.0. The Morgan fingerprint density at radius 1 is 1.13 bits per heavy atom. The first-order valence-electron chi connectivity index (χ1n) is 7.07. The minimum atomic E-state index is -1.24. The summed E-state index contributed by atoms with van der Waals surface area (Å²) < 4.78 is 14.5. The molecular formula is C17H15NO4S. The number of cyclic esters (lactones) is 2. The molecule has 1 aliphatic rings. The van der Waals surface area contributed by atoms with E-state index in [1.165, 1.54) is 31.5 Å².